The van der Waals surface area contributed by atoms with Crippen LogP contribution in [-0.4, -0.2) is 47.0 Å². The van der Waals surface area contributed by atoms with E-state index < -0.39 is 0 Å². The molecule has 4 aromatic rings. The van der Waals surface area contributed by atoms with E-state index in [0.29, 0.717) is 0 Å². The van der Waals surface area contributed by atoms with E-state index in [0.717, 1.165) is 57.9 Å². The van der Waals surface area contributed by atoms with Crippen LogP contribution in [0, 0.1) is 0 Å². The van der Waals surface area contributed by atoms with Crippen molar-refractivity contribution in [2.45, 2.75) is 0 Å². The van der Waals surface area contributed by atoms with E-state index in [2.05, 4.69) is 52.5 Å². The van der Waals surface area contributed by atoms with Crippen LogP contribution in [0.25, 0.3) is 33.3 Å². The zero-order valence-corrected chi connectivity index (χ0v) is 16.1. The van der Waals surface area contributed by atoms with Crippen LogP contribution in [-0.2, 0) is 0 Å². The first-order chi connectivity index (χ1) is 13.6. The normalized spacial score (nSPS) is 11.2. The zero-order valence-electron chi connectivity index (χ0n) is 16.1. The molecule has 4 N–H and O–H groups in total. The molecule has 0 spiro atoms. The monoisotopic (exact) mass is 372 g/mol. The molecular weight excluding hydrogens is 348 g/mol. The Hall–Kier alpha value is -3.38. The van der Waals surface area contributed by atoms with Gasteiger partial charge < -0.3 is 20.9 Å². The Morgan fingerprint density at radius 2 is 1.82 bits per heavy atom. The number of aromatic amines is 1. The second-order valence-electron chi connectivity index (χ2n) is 7.10. The van der Waals surface area contributed by atoms with E-state index in [1.807, 2.05) is 30.5 Å². The molecule has 4 rings (SSSR count). The molecule has 0 saturated heterocycles. The number of fused-ring (bicyclic) bond motifs is 1. The quantitative estimate of drug-likeness (QED) is 0.448. The summed E-state index contributed by atoms with van der Waals surface area (Å²) in [5, 5.41) is 4.48. The first kappa shape index (κ1) is 18.0. The Kier molecular flexibility index (Phi) is 4.95. The van der Waals surface area contributed by atoms with Gasteiger partial charge in [-0.1, -0.05) is 18.2 Å². The number of aromatic nitrogens is 3. The fourth-order valence-corrected chi connectivity index (χ4v) is 3.18. The molecule has 0 radical (unpaired) electrons. The van der Waals surface area contributed by atoms with Crippen molar-refractivity contribution in [3.05, 3.63) is 61.1 Å². The third-order valence-corrected chi connectivity index (χ3v) is 4.70. The summed E-state index contributed by atoms with van der Waals surface area (Å²) in [6.07, 6.45) is 5.59. The highest BCUT2D eigenvalue weighted by molar-refractivity contribution is 5.97. The number of hydrogen-bond donors (Lipinski definition) is 3. The molecule has 2 heterocycles. The van der Waals surface area contributed by atoms with E-state index in [4.69, 9.17) is 10.7 Å². The molecule has 0 amide bonds. The fourth-order valence-electron chi connectivity index (χ4n) is 3.18. The van der Waals surface area contributed by atoms with Crippen LogP contribution in [0.3, 0.4) is 0 Å². The predicted octanol–water partition coefficient (Wildman–Crippen LogP) is 3.85. The van der Waals surface area contributed by atoms with Crippen molar-refractivity contribution in [2.75, 3.05) is 38.2 Å². The Balaban J connectivity index is 1.66. The maximum absolute atomic E-state index is 5.83. The van der Waals surface area contributed by atoms with Crippen molar-refractivity contribution in [3.63, 3.8) is 0 Å². The number of H-pyrrole nitrogens is 1. The predicted molar refractivity (Wildman–Crippen MR) is 116 cm³/mol. The minimum Gasteiger partial charge on any atom is -0.399 e. The molecular formula is C22H24N6. The standard InChI is InChI=1S/C22H24N6/c1-28(2)10-9-25-22-14-24-13-21(27-22)16-5-8-20-18(11-16)19(12-26-20)15-3-6-17(23)7-4-15/h3-8,11-14,26H,9-10,23H2,1-2H3,(H,25,27). The average molecular weight is 372 g/mol. The van der Waals surface area contributed by atoms with Crippen LogP contribution >= 0.6 is 0 Å². The van der Waals surface area contributed by atoms with Gasteiger partial charge in [0.1, 0.15) is 5.82 Å². The third-order valence-electron chi connectivity index (χ3n) is 4.70. The number of rotatable bonds is 6. The second kappa shape index (κ2) is 7.70. The molecule has 2 aromatic heterocycles. The van der Waals surface area contributed by atoms with Crippen molar-refractivity contribution in [1.29, 1.82) is 0 Å². The second-order valence-corrected chi connectivity index (χ2v) is 7.10. The average Bonchev–Trinajstić information content (AvgIpc) is 3.12. The van der Waals surface area contributed by atoms with Gasteiger partial charge in [-0.25, -0.2) is 4.98 Å². The molecule has 6 heteroatoms. The lowest BCUT2D eigenvalue weighted by molar-refractivity contribution is 0.425. The molecule has 0 aliphatic carbocycles. The van der Waals surface area contributed by atoms with Crippen molar-refractivity contribution < 1.29 is 0 Å². The van der Waals surface area contributed by atoms with Gasteiger partial charge in [-0.15, -0.1) is 0 Å². The van der Waals surface area contributed by atoms with Gasteiger partial charge in [0.2, 0.25) is 0 Å². The Morgan fingerprint density at radius 3 is 2.61 bits per heavy atom. The Bertz CT molecular complexity index is 1080. The van der Waals surface area contributed by atoms with Gasteiger partial charge >= 0.3 is 0 Å². The van der Waals surface area contributed by atoms with E-state index in [-0.39, 0.29) is 0 Å². The number of nitrogens with two attached hydrogens (primary N) is 1. The van der Waals surface area contributed by atoms with Gasteiger partial charge in [0.25, 0.3) is 0 Å². The fraction of sp³-hybridized carbons (Fsp3) is 0.182. The SMILES string of the molecule is CN(C)CCNc1cncc(-c2ccc3[nH]cc(-c4ccc(N)cc4)c3c2)n1. The minimum atomic E-state index is 0.762. The van der Waals surface area contributed by atoms with Gasteiger partial charge in [-0.05, 0) is 43.9 Å². The molecule has 0 atom stereocenters. The lowest BCUT2D eigenvalue weighted by Gasteiger charge is -2.11. The van der Waals surface area contributed by atoms with Gasteiger partial charge in [0, 0.05) is 47.0 Å². The highest BCUT2D eigenvalue weighted by Crippen LogP contribution is 2.32. The number of benzene rings is 2. The van der Waals surface area contributed by atoms with Crippen molar-refractivity contribution in [3.8, 4) is 22.4 Å². The maximum atomic E-state index is 5.83. The topological polar surface area (TPSA) is 82.9 Å². The van der Waals surface area contributed by atoms with E-state index in [1.54, 1.807) is 12.4 Å². The summed E-state index contributed by atoms with van der Waals surface area (Å²) in [5.74, 6) is 0.785. The van der Waals surface area contributed by atoms with Gasteiger partial charge in [0.05, 0.1) is 18.1 Å². The van der Waals surface area contributed by atoms with Crippen molar-refractivity contribution in [2.24, 2.45) is 0 Å². The van der Waals surface area contributed by atoms with Crippen LogP contribution in [0.1, 0.15) is 0 Å². The summed E-state index contributed by atoms with van der Waals surface area (Å²) in [5.41, 5.74) is 11.8. The first-order valence-electron chi connectivity index (χ1n) is 9.28. The summed E-state index contributed by atoms with van der Waals surface area (Å²) in [6, 6.07) is 14.2. The van der Waals surface area contributed by atoms with E-state index in [9.17, 15) is 0 Å². The number of nitrogens with one attached hydrogen (secondary N) is 2. The molecule has 0 unspecified atom stereocenters. The zero-order chi connectivity index (χ0) is 19.5. The first-order valence-corrected chi connectivity index (χ1v) is 9.28. The van der Waals surface area contributed by atoms with Crippen molar-refractivity contribution >= 4 is 22.4 Å². The molecule has 0 aliphatic heterocycles. The summed E-state index contributed by atoms with van der Waals surface area (Å²) in [6.45, 7) is 1.76. The number of nitrogens with zero attached hydrogens (tertiary/aromatic N) is 3. The number of nitrogen functional groups attached to an aromatic ring is 1. The lowest BCUT2D eigenvalue weighted by Crippen LogP contribution is -2.21. The molecule has 6 nitrogen and oxygen atoms in total. The molecule has 0 saturated carbocycles. The van der Waals surface area contributed by atoms with Crippen molar-refractivity contribution in [1.82, 2.24) is 19.9 Å². The molecule has 0 bridgehead atoms. The third kappa shape index (κ3) is 3.82. The van der Waals surface area contributed by atoms with Gasteiger partial charge in [-0.3, -0.25) is 4.98 Å². The van der Waals surface area contributed by atoms with Crippen LogP contribution < -0.4 is 11.1 Å². The molecule has 142 valence electrons. The number of likely N-dealkylation sites (N-methyl/N-ethyl adjacent to an activating group) is 1. The van der Waals surface area contributed by atoms with Gasteiger partial charge in [0.15, 0.2) is 0 Å². The molecule has 0 aliphatic rings. The van der Waals surface area contributed by atoms with Crippen LogP contribution in [0.15, 0.2) is 61.1 Å². The Labute approximate surface area is 164 Å². The lowest BCUT2D eigenvalue weighted by atomic mass is 10.0. The number of hydrogen-bond acceptors (Lipinski definition) is 5. The summed E-state index contributed by atoms with van der Waals surface area (Å²) < 4.78 is 0. The highest BCUT2D eigenvalue weighted by Gasteiger charge is 2.09. The largest absolute Gasteiger partial charge is 0.399 e. The molecule has 28 heavy (non-hydrogen) atoms. The summed E-state index contributed by atoms with van der Waals surface area (Å²) in [4.78, 5) is 14.6. The molecule has 0 fully saturated rings. The summed E-state index contributed by atoms with van der Waals surface area (Å²) >= 11 is 0. The maximum Gasteiger partial charge on any atom is 0.145 e. The van der Waals surface area contributed by atoms with Crippen LogP contribution in [0.4, 0.5) is 11.5 Å². The Morgan fingerprint density at radius 1 is 1.04 bits per heavy atom. The van der Waals surface area contributed by atoms with Gasteiger partial charge in [-0.2, -0.15) is 0 Å². The highest BCUT2D eigenvalue weighted by atomic mass is 15.1. The van der Waals surface area contributed by atoms with Crippen LogP contribution in [0.2, 0.25) is 0 Å². The number of anilines is 2. The van der Waals surface area contributed by atoms with E-state index >= 15 is 0 Å². The molecule has 2 aromatic carbocycles. The smallest absolute Gasteiger partial charge is 0.145 e. The van der Waals surface area contributed by atoms with Crippen LogP contribution in [0.5, 0.6) is 0 Å². The minimum absolute atomic E-state index is 0.762. The summed E-state index contributed by atoms with van der Waals surface area (Å²) in [7, 11) is 4.10. The van der Waals surface area contributed by atoms with E-state index in [1.165, 1.54) is 0 Å².